The molecule has 7 nitrogen and oxygen atoms in total. The second kappa shape index (κ2) is 7.23. The van der Waals surface area contributed by atoms with Crippen LogP contribution < -0.4 is 5.43 Å². The molecule has 0 bridgehead atoms. The van der Waals surface area contributed by atoms with E-state index in [4.69, 9.17) is 11.6 Å². The summed E-state index contributed by atoms with van der Waals surface area (Å²) in [6.45, 7) is 6.76. The van der Waals surface area contributed by atoms with Gasteiger partial charge >= 0.3 is 0 Å². The summed E-state index contributed by atoms with van der Waals surface area (Å²) in [5.41, 5.74) is 4.80. The van der Waals surface area contributed by atoms with Crippen LogP contribution in [0.5, 0.6) is 0 Å². The molecule has 0 unspecified atom stereocenters. The summed E-state index contributed by atoms with van der Waals surface area (Å²) in [5, 5.41) is 19.7. The van der Waals surface area contributed by atoms with Gasteiger partial charge in [-0.15, -0.1) is 0 Å². The Kier molecular flexibility index (Phi) is 5.33. The van der Waals surface area contributed by atoms with Gasteiger partial charge in [0.25, 0.3) is 5.69 Å². The summed E-state index contributed by atoms with van der Waals surface area (Å²) in [6.07, 6.45) is 1.57. The predicted molar refractivity (Wildman–Crippen MR) is 91.1 cm³/mol. The molecular formula is C15H18ClN5O2. The van der Waals surface area contributed by atoms with E-state index in [1.807, 2.05) is 6.92 Å². The number of halogens is 1. The second-order valence-corrected chi connectivity index (χ2v) is 5.90. The Balaban J connectivity index is 2.13. The third-order valence-electron chi connectivity index (χ3n) is 3.09. The standard InChI is InChI=1S/C15H18ClN5O2/c1-10(2)9-20-15(16)14(11(3)19-20)8-17-18-12-5-4-6-13(7-12)21(22)23/h4-8,10,18H,9H2,1-3H3/b17-8-. The van der Waals surface area contributed by atoms with E-state index in [0.717, 1.165) is 17.8 Å². The van der Waals surface area contributed by atoms with Gasteiger partial charge in [0, 0.05) is 18.7 Å². The van der Waals surface area contributed by atoms with E-state index < -0.39 is 4.92 Å². The first-order chi connectivity index (χ1) is 10.9. The fourth-order valence-electron chi connectivity index (χ4n) is 2.04. The molecule has 1 heterocycles. The van der Waals surface area contributed by atoms with Crippen molar-refractivity contribution in [3.8, 4) is 0 Å². The lowest BCUT2D eigenvalue weighted by atomic mass is 10.2. The van der Waals surface area contributed by atoms with Gasteiger partial charge in [0.1, 0.15) is 5.15 Å². The minimum atomic E-state index is -0.453. The van der Waals surface area contributed by atoms with Crippen molar-refractivity contribution in [3.63, 3.8) is 0 Å². The molecule has 0 saturated heterocycles. The second-order valence-electron chi connectivity index (χ2n) is 5.54. The molecule has 122 valence electrons. The van der Waals surface area contributed by atoms with Gasteiger partial charge in [0.15, 0.2) is 0 Å². The van der Waals surface area contributed by atoms with E-state index in [1.165, 1.54) is 12.1 Å². The van der Waals surface area contributed by atoms with E-state index in [1.54, 1.807) is 23.0 Å². The Hall–Kier alpha value is -2.41. The third kappa shape index (κ3) is 4.29. The number of nitro benzene ring substituents is 1. The molecule has 23 heavy (non-hydrogen) atoms. The number of hydrogen-bond donors (Lipinski definition) is 1. The SMILES string of the molecule is Cc1nn(CC(C)C)c(Cl)c1/C=N\Nc1cccc([N+](=O)[O-])c1. The van der Waals surface area contributed by atoms with E-state index in [-0.39, 0.29) is 5.69 Å². The molecule has 0 amide bonds. The minimum absolute atomic E-state index is 0.00386. The largest absolute Gasteiger partial charge is 0.278 e. The van der Waals surface area contributed by atoms with Crippen LogP contribution in [0.4, 0.5) is 11.4 Å². The van der Waals surface area contributed by atoms with Gasteiger partial charge in [-0.3, -0.25) is 20.2 Å². The molecule has 0 fully saturated rings. The summed E-state index contributed by atoms with van der Waals surface area (Å²) < 4.78 is 1.75. The topological polar surface area (TPSA) is 85.3 Å². The van der Waals surface area contributed by atoms with E-state index in [9.17, 15) is 10.1 Å². The lowest BCUT2D eigenvalue weighted by Gasteiger charge is -2.05. The van der Waals surface area contributed by atoms with Gasteiger partial charge in [0.05, 0.1) is 28.1 Å². The van der Waals surface area contributed by atoms with E-state index >= 15 is 0 Å². The van der Waals surface area contributed by atoms with Gasteiger partial charge in [0.2, 0.25) is 0 Å². The summed E-state index contributed by atoms with van der Waals surface area (Å²) in [6, 6.07) is 6.12. The van der Waals surface area contributed by atoms with Crippen LogP contribution in [-0.4, -0.2) is 20.9 Å². The maximum Gasteiger partial charge on any atom is 0.271 e. The average Bonchev–Trinajstić information content (AvgIpc) is 2.74. The number of aryl methyl sites for hydroxylation is 1. The number of benzene rings is 1. The van der Waals surface area contributed by atoms with Crippen LogP contribution in [0.15, 0.2) is 29.4 Å². The van der Waals surface area contributed by atoms with Crippen LogP contribution in [0, 0.1) is 23.0 Å². The number of hydrazone groups is 1. The molecule has 0 saturated carbocycles. The summed E-state index contributed by atoms with van der Waals surface area (Å²) in [4.78, 5) is 10.3. The monoisotopic (exact) mass is 335 g/mol. The zero-order chi connectivity index (χ0) is 17.0. The highest BCUT2D eigenvalue weighted by Crippen LogP contribution is 2.20. The zero-order valence-electron chi connectivity index (χ0n) is 13.2. The smallest absolute Gasteiger partial charge is 0.271 e. The van der Waals surface area contributed by atoms with Crippen molar-refractivity contribution in [2.45, 2.75) is 27.3 Å². The highest BCUT2D eigenvalue weighted by Gasteiger charge is 2.12. The molecule has 2 rings (SSSR count). The van der Waals surface area contributed by atoms with Crippen LogP contribution in [0.3, 0.4) is 0 Å². The maximum absolute atomic E-state index is 10.7. The number of non-ortho nitro benzene ring substituents is 1. The van der Waals surface area contributed by atoms with Gasteiger partial charge in [-0.1, -0.05) is 31.5 Å². The van der Waals surface area contributed by atoms with Gasteiger partial charge < -0.3 is 0 Å². The number of aromatic nitrogens is 2. The predicted octanol–water partition coefficient (Wildman–Crippen LogP) is 3.86. The van der Waals surface area contributed by atoms with Crippen LogP contribution in [0.2, 0.25) is 5.15 Å². The van der Waals surface area contributed by atoms with Crippen LogP contribution in [0.1, 0.15) is 25.1 Å². The molecule has 0 aliphatic rings. The fraction of sp³-hybridized carbons (Fsp3) is 0.333. The first-order valence-corrected chi connectivity index (χ1v) is 7.52. The molecular weight excluding hydrogens is 318 g/mol. The number of anilines is 1. The van der Waals surface area contributed by atoms with Crippen molar-refractivity contribution in [1.29, 1.82) is 0 Å². The maximum atomic E-state index is 10.7. The molecule has 1 aromatic carbocycles. The van der Waals surface area contributed by atoms with E-state index in [0.29, 0.717) is 16.8 Å². The van der Waals surface area contributed by atoms with Crippen molar-refractivity contribution in [2.75, 3.05) is 5.43 Å². The van der Waals surface area contributed by atoms with Crippen molar-refractivity contribution in [2.24, 2.45) is 11.0 Å². The normalized spacial score (nSPS) is 11.3. The van der Waals surface area contributed by atoms with Gasteiger partial charge in [-0.05, 0) is 18.9 Å². The highest BCUT2D eigenvalue weighted by molar-refractivity contribution is 6.32. The molecule has 0 radical (unpaired) electrons. The summed E-state index contributed by atoms with van der Waals surface area (Å²) in [5.74, 6) is 0.430. The van der Waals surface area contributed by atoms with Crippen molar-refractivity contribution in [1.82, 2.24) is 9.78 Å². The van der Waals surface area contributed by atoms with Crippen LogP contribution in [-0.2, 0) is 6.54 Å². The molecule has 0 spiro atoms. The lowest BCUT2D eigenvalue weighted by Crippen LogP contribution is -2.06. The van der Waals surface area contributed by atoms with Gasteiger partial charge in [-0.25, -0.2) is 0 Å². The Labute approximate surface area is 139 Å². The summed E-state index contributed by atoms with van der Waals surface area (Å²) in [7, 11) is 0. The average molecular weight is 336 g/mol. The number of nitro groups is 1. The number of rotatable bonds is 6. The first-order valence-electron chi connectivity index (χ1n) is 7.15. The highest BCUT2D eigenvalue weighted by atomic mass is 35.5. The quantitative estimate of drug-likeness (QED) is 0.493. The Morgan fingerprint density at radius 3 is 2.91 bits per heavy atom. The third-order valence-corrected chi connectivity index (χ3v) is 3.49. The zero-order valence-corrected chi connectivity index (χ0v) is 13.9. The van der Waals surface area contributed by atoms with Crippen molar-refractivity contribution < 1.29 is 4.92 Å². The molecule has 0 aliphatic carbocycles. The van der Waals surface area contributed by atoms with Crippen molar-refractivity contribution >= 4 is 29.2 Å². The Bertz CT molecular complexity index is 739. The van der Waals surface area contributed by atoms with Crippen LogP contribution >= 0.6 is 11.6 Å². The number of hydrogen-bond acceptors (Lipinski definition) is 5. The van der Waals surface area contributed by atoms with Crippen LogP contribution in [0.25, 0.3) is 0 Å². The molecule has 1 N–H and O–H groups in total. The number of nitrogens with one attached hydrogen (secondary N) is 1. The molecule has 0 atom stereocenters. The van der Waals surface area contributed by atoms with Crippen molar-refractivity contribution in [3.05, 3.63) is 50.8 Å². The molecule has 2 aromatic rings. The lowest BCUT2D eigenvalue weighted by molar-refractivity contribution is -0.384. The number of nitrogens with zero attached hydrogens (tertiary/aromatic N) is 4. The first kappa shape index (κ1) is 17.0. The minimum Gasteiger partial charge on any atom is -0.278 e. The summed E-state index contributed by atoms with van der Waals surface area (Å²) >= 11 is 6.31. The fourth-order valence-corrected chi connectivity index (χ4v) is 2.33. The molecule has 0 aliphatic heterocycles. The van der Waals surface area contributed by atoms with Gasteiger partial charge in [-0.2, -0.15) is 10.2 Å². The Morgan fingerprint density at radius 1 is 1.52 bits per heavy atom. The molecule has 1 aromatic heterocycles. The molecule has 8 heteroatoms. The Morgan fingerprint density at radius 2 is 2.26 bits per heavy atom. The van der Waals surface area contributed by atoms with E-state index in [2.05, 4.69) is 29.5 Å².